The first-order valence-corrected chi connectivity index (χ1v) is 7.20. The molecule has 1 aliphatic rings. The van der Waals surface area contributed by atoms with Crippen molar-refractivity contribution in [2.75, 3.05) is 26.9 Å². The molecule has 0 aromatic heterocycles. The van der Waals surface area contributed by atoms with Gasteiger partial charge >= 0.3 is 0 Å². The van der Waals surface area contributed by atoms with E-state index in [0.29, 0.717) is 12.0 Å². The normalized spacial score (nSPS) is 20.9. The van der Waals surface area contributed by atoms with Gasteiger partial charge in [-0.05, 0) is 36.7 Å². The molecular formula is C14H20BrNO2. The Bertz CT molecular complexity index is 391. The topological polar surface area (TPSA) is 30.5 Å². The molecule has 0 spiro atoms. The highest BCUT2D eigenvalue weighted by molar-refractivity contribution is 9.10. The quantitative estimate of drug-likeness (QED) is 0.906. The average molecular weight is 314 g/mol. The molecule has 0 aliphatic carbocycles. The summed E-state index contributed by atoms with van der Waals surface area (Å²) < 4.78 is 12.0. The van der Waals surface area contributed by atoms with Crippen LogP contribution in [0.2, 0.25) is 0 Å². The van der Waals surface area contributed by atoms with E-state index in [2.05, 4.69) is 34.2 Å². The molecule has 1 aromatic rings. The molecule has 1 N–H and O–H groups in total. The minimum absolute atomic E-state index is 0.321. The molecule has 4 heteroatoms. The van der Waals surface area contributed by atoms with Gasteiger partial charge in [0.15, 0.2) is 0 Å². The molecular weight excluding hydrogens is 294 g/mol. The lowest BCUT2D eigenvalue weighted by molar-refractivity contribution is 0.177. The van der Waals surface area contributed by atoms with Crippen molar-refractivity contribution in [1.29, 1.82) is 0 Å². The number of hydrogen-bond acceptors (Lipinski definition) is 3. The van der Waals surface area contributed by atoms with E-state index in [1.165, 1.54) is 5.56 Å². The van der Waals surface area contributed by atoms with E-state index >= 15 is 0 Å². The van der Waals surface area contributed by atoms with Crippen molar-refractivity contribution in [1.82, 2.24) is 5.32 Å². The van der Waals surface area contributed by atoms with Crippen molar-refractivity contribution in [3.63, 3.8) is 0 Å². The third-order valence-corrected chi connectivity index (χ3v) is 4.12. The maximum Gasteiger partial charge on any atom is 0.119 e. The molecule has 18 heavy (non-hydrogen) atoms. The van der Waals surface area contributed by atoms with Crippen LogP contribution >= 0.6 is 15.9 Å². The van der Waals surface area contributed by atoms with E-state index in [-0.39, 0.29) is 0 Å². The Morgan fingerprint density at radius 1 is 1.56 bits per heavy atom. The van der Waals surface area contributed by atoms with Crippen LogP contribution < -0.4 is 10.1 Å². The number of hydrogen-bond donors (Lipinski definition) is 1. The van der Waals surface area contributed by atoms with Crippen LogP contribution in [0.1, 0.15) is 24.9 Å². The van der Waals surface area contributed by atoms with Gasteiger partial charge in [-0.2, -0.15) is 0 Å². The highest BCUT2D eigenvalue weighted by Gasteiger charge is 2.28. The van der Waals surface area contributed by atoms with Crippen molar-refractivity contribution >= 4 is 15.9 Å². The highest BCUT2D eigenvalue weighted by Crippen LogP contribution is 2.35. The average Bonchev–Trinajstić information content (AvgIpc) is 2.91. The number of ether oxygens (including phenoxy) is 2. The van der Waals surface area contributed by atoms with Gasteiger partial charge in [-0.1, -0.05) is 22.9 Å². The lowest BCUT2D eigenvalue weighted by atomic mass is 9.92. The van der Waals surface area contributed by atoms with Crippen LogP contribution in [0.15, 0.2) is 22.7 Å². The second-order valence-electron chi connectivity index (χ2n) is 4.55. The summed E-state index contributed by atoms with van der Waals surface area (Å²) in [5.74, 6) is 1.43. The van der Waals surface area contributed by atoms with Crippen molar-refractivity contribution in [3.8, 4) is 5.75 Å². The molecule has 1 aromatic carbocycles. The van der Waals surface area contributed by atoms with E-state index in [4.69, 9.17) is 9.47 Å². The van der Waals surface area contributed by atoms with Crippen LogP contribution in [0.4, 0.5) is 0 Å². The second kappa shape index (κ2) is 6.55. The van der Waals surface area contributed by atoms with Crippen molar-refractivity contribution < 1.29 is 9.47 Å². The maximum absolute atomic E-state index is 5.52. The van der Waals surface area contributed by atoms with Crippen LogP contribution in [0.25, 0.3) is 0 Å². The van der Waals surface area contributed by atoms with E-state index in [1.54, 1.807) is 7.11 Å². The summed E-state index contributed by atoms with van der Waals surface area (Å²) >= 11 is 3.64. The number of nitrogens with one attached hydrogen (secondary N) is 1. The van der Waals surface area contributed by atoms with Gasteiger partial charge in [-0.15, -0.1) is 0 Å². The number of halogens is 1. The molecule has 0 amide bonds. The molecule has 1 fully saturated rings. The van der Waals surface area contributed by atoms with Crippen LogP contribution in [0.5, 0.6) is 5.75 Å². The van der Waals surface area contributed by atoms with E-state index in [0.717, 1.165) is 36.4 Å². The second-order valence-corrected chi connectivity index (χ2v) is 5.40. The predicted octanol–water partition coefficient (Wildman–Crippen LogP) is 3.14. The zero-order valence-corrected chi connectivity index (χ0v) is 12.5. The summed E-state index contributed by atoms with van der Waals surface area (Å²) in [5, 5.41) is 3.57. The number of methoxy groups -OCH3 is 1. The first kappa shape index (κ1) is 13.8. The van der Waals surface area contributed by atoms with Crippen molar-refractivity contribution in [2.24, 2.45) is 5.92 Å². The van der Waals surface area contributed by atoms with Crippen LogP contribution in [-0.4, -0.2) is 26.9 Å². The van der Waals surface area contributed by atoms with Crippen LogP contribution in [-0.2, 0) is 4.74 Å². The molecule has 0 saturated carbocycles. The van der Waals surface area contributed by atoms with E-state index in [1.807, 2.05) is 12.1 Å². The van der Waals surface area contributed by atoms with E-state index < -0.39 is 0 Å². The highest BCUT2D eigenvalue weighted by atomic mass is 79.9. The fourth-order valence-corrected chi connectivity index (χ4v) is 2.95. The Kier molecular flexibility index (Phi) is 5.03. The van der Waals surface area contributed by atoms with Crippen molar-refractivity contribution in [3.05, 3.63) is 28.2 Å². The predicted molar refractivity (Wildman–Crippen MR) is 76.0 cm³/mol. The summed E-state index contributed by atoms with van der Waals surface area (Å²) in [6, 6.07) is 6.45. The Morgan fingerprint density at radius 3 is 3.00 bits per heavy atom. The van der Waals surface area contributed by atoms with Crippen LogP contribution in [0, 0.1) is 5.92 Å². The molecule has 2 rings (SSSR count). The summed E-state index contributed by atoms with van der Waals surface area (Å²) in [4.78, 5) is 0. The van der Waals surface area contributed by atoms with Gasteiger partial charge in [-0.3, -0.25) is 0 Å². The molecule has 1 saturated heterocycles. The molecule has 100 valence electrons. The summed E-state index contributed by atoms with van der Waals surface area (Å²) in [6.45, 7) is 4.79. The van der Waals surface area contributed by atoms with Gasteiger partial charge in [-0.25, -0.2) is 0 Å². The molecule has 1 aliphatic heterocycles. The monoisotopic (exact) mass is 313 g/mol. The summed E-state index contributed by atoms with van der Waals surface area (Å²) in [7, 11) is 1.70. The Balaban J connectivity index is 2.28. The van der Waals surface area contributed by atoms with Gasteiger partial charge in [0.25, 0.3) is 0 Å². The molecule has 3 nitrogen and oxygen atoms in total. The van der Waals surface area contributed by atoms with Gasteiger partial charge in [0.05, 0.1) is 13.7 Å². The molecule has 1 heterocycles. The molecule has 2 atom stereocenters. The third kappa shape index (κ3) is 3.05. The number of rotatable bonds is 5. The molecule has 2 unspecified atom stereocenters. The first-order valence-electron chi connectivity index (χ1n) is 6.40. The minimum atomic E-state index is 0.321. The van der Waals surface area contributed by atoms with Gasteiger partial charge < -0.3 is 14.8 Å². The van der Waals surface area contributed by atoms with E-state index in [9.17, 15) is 0 Å². The Hall–Kier alpha value is -0.580. The van der Waals surface area contributed by atoms with Gasteiger partial charge in [0.1, 0.15) is 5.75 Å². The lowest BCUT2D eigenvalue weighted by Crippen LogP contribution is -2.28. The number of benzene rings is 1. The maximum atomic E-state index is 5.52. The first-order chi connectivity index (χ1) is 8.76. The largest absolute Gasteiger partial charge is 0.497 e. The van der Waals surface area contributed by atoms with Crippen LogP contribution in [0.3, 0.4) is 0 Å². The minimum Gasteiger partial charge on any atom is -0.497 e. The molecule has 0 bridgehead atoms. The van der Waals surface area contributed by atoms with Gasteiger partial charge in [0.2, 0.25) is 0 Å². The zero-order chi connectivity index (χ0) is 13.0. The smallest absolute Gasteiger partial charge is 0.119 e. The van der Waals surface area contributed by atoms with Crippen molar-refractivity contribution in [2.45, 2.75) is 19.4 Å². The Labute approximate surface area is 117 Å². The summed E-state index contributed by atoms with van der Waals surface area (Å²) in [6.07, 6.45) is 1.11. The molecule has 0 radical (unpaired) electrons. The fraction of sp³-hybridized carbons (Fsp3) is 0.571. The zero-order valence-electron chi connectivity index (χ0n) is 10.9. The SMILES string of the molecule is CCNC(c1cc(OC)ccc1Br)C1CCOC1. The third-order valence-electron chi connectivity index (χ3n) is 3.40. The standard InChI is InChI=1S/C14H20BrNO2/c1-3-16-14(10-6-7-18-9-10)12-8-11(17-2)4-5-13(12)15/h4-5,8,10,14,16H,3,6-7,9H2,1-2H3. The lowest BCUT2D eigenvalue weighted by Gasteiger charge is -2.25. The Morgan fingerprint density at radius 2 is 2.39 bits per heavy atom. The van der Waals surface area contributed by atoms with Gasteiger partial charge in [0, 0.05) is 23.0 Å². The summed E-state index contributed by atoms with van der Waals surface area (Å²) in [5.41, 5.74) is 1.26. The fourth-order valence-electron chi connectivity index (χ4n) is 2.45.